The number of benzene rings is 1. The number of aromatic nitrogens is 3. The molecule has 0 spiro atoms. The lowest BCUT2D eigenvalue weighted by Crippen LogP contribution is -2.37. The molecule has 0 radical (unpaired) electrons. The maximum absolute atomic E-state index is 12.8. The molecule has 6 heteroatoms. The Morgan fingerprint density at radius 1 is 1.08 bits per heavy atom. The van der Waals surface area contributed by atoms with Gasteiger partial charge in [-0.1, -0.05) is 43.7 Å². The van der Waals surface area contributed by atoms with E-state index in [1.54, 1.807) is 25.0 Å². The first-order valence-electron chi connectivity index (χ1n) is 8.58. The molecule has 2 heterocycles. The van der Waals surface area contributed by atoms with Crippen LogP contribution in [0.1, 0.15) is 36.5 Å². The van der Waals surface area contributed by atoms with Gasteiger partial charge in [-0.25, -0.2) is 9.78 Å². The van der Waals surface area contributed by atoms with Gasteiger partial charge < -0.3 is 0 Å². The smallest absolute Gasteiger partial charge is 0.280 e. The Balaban J connectivity index is 2.20. The van der Waals surface area contributed by atoms with E-state index < -0.39 is 0 Å². The number of rotatable bonds is 4. The van der Waals surface area contributed by atoms with Gasteiger partial charge in [0, 0.05) is 30.9 Å². The van der Waals surface area contributed by atoms with Gasteiger partial charge in [0.2, 0.25) is 0 Å². The highest BCUT2D eigenvalue weighted by atomic mass is 32.2. The van der Waals surface area contributed by atoms with Crippen LogP contribution in [-0.4, -0.2) is 14.1 Å². The molecule has 0 atom stereocenters. The maximum atomic E-state index is 12.8. The highest BCUT2D eigenvalue weighted by molar-refractivity contribution is 7.98. The highest BCUT2D eigenvalue weighted by Crippen LogP contribution is 2.34. The molecule has 3 rings (SSSR count). The minimum Gasteiger partial charge on any atom is -0.280 e. The van der Waals surface area contributed by atoms with E-state index in [0.717, 1.165) is 20.8 Å². The fourth-order valence-corrected chi connectivity index (χ4v) is 4.21. The van der Waals surface area contributed by atoms with Gasteiger partial charge in [-0.3, -0.25) is 13.9 Å². The van der Waals surface area contributed by atoms with Crippen molar-refractivity contribution in [1.29, 1.82) is 0 Å². The summed E-state index contributed by atoms with van der Waals surface area (Å²) in [6.07, 6.45) is 1.79. The van der Waals surface area contributed by atoms with E-state index >= 15 is 0 Å². The van der Waals surface area contributed by atoms with Gasteiger partial charge in [-0.2, -0.15) is 0 Å². The van der Waals surface area contributed by atoms with Crippen LogP contribution in [-0.2, 0) is 19.8 Å². The zero-order chi connectivity index (χ0) is 19.0. The summed E-state index contributed by atoms with van der Waals surface area (Å²) in [5, 5.41) is 0.526. The third-order valence-corrected chi connectivity index (χ3v) is 5.78. The second-order valence-corrected chi connectivity index (χ2v) is 7.86. The standard InChI is InChI=1S/C20H23N3O2S/c1-12(2)15-10-21-18-16(19(24)23(5)20(25)22(18)4)17(15)26-11-14-8-6-13(3)7-9-14/h6-10,12H,11H2,1-5H3. The van der Waals surface area contributed by atoms with Crippen molar-refractivity contribution >= 4 is 22.8 Å². The number of aryl methyl sites for hydroxylation is 2. The van der Waals surface area contributed by atoms with E-state index in [-0.39, 0.29) is 17.2 Å². The Morgan fingerprint density at radius 3 is 2.35 bits per heavy atom. The molecule has 0 saturated heterocycles. The summed E-state index contributed by atoms with van der Waals surface area (Å²) in [5.74, 6) is 0.986. The quantitative estimate of drug-likeness (QED) is 0.662. The first-order valence-corrected chi connectivity index (χ1v) is 9.56. The molecule has 0 aliphatic rings. The van der Waals surface area contributed by atoms with Crippen LogP contribution in [0, 0.1) is 6.92 Å². The van der Waals surface area contributed by atoms with E-state index in [9.17, 15) is 9.59 Å². The molecule has 0 aliphatic heterocycles. The van der Waals surface area contributed by atoms with Crippen LogP contribution >= 0.6 is 11.8 Å². The molecule has 136 valence electrons. The number of fused-ring (bicyclic) bond motifs is 1. The Labute approximate surface area is 156 Å². The fourth-order valence-electron chi connectivity index (χ4n) is 2.92. The van der Waals surface area contributed by atoms with Crippen molar-refractivity contribution in [3.05, 3.63) is 68.0 Å². The summed E-state index contributed by atoms with van der Waals surface area (Å²) in [6.45, 7) is 6.24. The van der Waals surface area contributed by atoms with Crippen molar-refractivity contribution in [1.82, 2.24) is 14.1 Å². The molecule has 5 nitrogen and oxygen atoms in total. The molecule has 0 saturated carbocycles. The van der Waals surface area contributed by atoms with Gasteiger partial charge in [0.15, 0.2) is 0 Å². The zero-order valence-electron chi connectivity index (χ0n) is 15.7. The van der Waals surface area contributed by atoms with Crippen molar-refractivity contribution in [2.45, 2.75) is 37.3 Å². The predicted molar refractivity (Wildman–Crippen MR) is 107 cm³/mol. The normalized spacial score (nSPS) is 11.5. The summed E-state index contributed by atoms with van der Waals surface area (Å²) in [7, 11) is 3.17. The van der Waals surface area contributed by atoms with E-state index in [0.29, 0.717) is 11.0 Å². The molecule has 2 aromatic heterocycles. The van der Waals surface area contributed by atoms with Crippen molar-refractivity contribution in [3.63, 3.8) is 0 Å². The lowest BCUT2D eigenvalue weighted by Gasteiger charge is -2.16. The van der Waals surface area contributed by atoms with Crippen LogP contribution in [0.4, 0.5) is 0 Å². The monoisotopic (exact) mass is 369 g/mol. The van der Waals surface area contributed by atoms with Gasteiger partial charge in [0.05, 0.1) is 5.39 Å². The Morgan fingerprint density at radius 2 is 1.73 bits per heavy atom. The molecular formula is C20H23N3O2S. The van der Waals surface area contributed by atoms with E-state index in [2.05, 4.69) is 50.0 Å². The fraction of sp³-hybridized carbons (Fsp3) is 0.350. The second-order valence-electron chi connectivity index (χ2n) is 6.88. The van der Waals surface area contributed by atoms with E-state index in [4.69, 9.17) is 0 Å². The van der Waals surface area contributed by atoms with Crippen LogP contribution in [0.5, 0.6) is 0 Å². The second kappa shape index (κ2) is 7.11. The average molecular weight is 369 g/mol. The summed E-state index contributed by atoms with van der Waals surface area (Å²) in [6, 6.07) is 8.39. The topological polar surface area (TPSA) is 56.9 Å². The van der Waals surface area contributed by atoms with Gasteiger partial charge in [-0.15, -0.1) is 11.8 Å². The number of nitrogens with zero attached hydrogens (tertiary/aromatic N) is 3. The molecule has 0 fully saturated rings. The molecular weight excluding hydrogens is 346 g/mol. The van der Waals surface area contributed by atoms with Gasteiger partial charge in [0.1, 0.15) is 5.65 Å². The predicted octanol–water partition coefficient (Wildman–Crippen LogP) is 3.36. The zero-order valence-corrected chi connectivity index (χ0v) is 16.6. The van der Waals surface area contributed by atoms with Gasteiger partial charge >= 0.3 is 5.69 Å². The lowest BCUT2D eigenvalue weighted by molar-refractivity contribution is 0.703. The number of hydrogen-bond donors (Lipinski definition) is 0. The van der Waals surface area contributed by atoms with E-state index in [1.807, 2.05) is 0 Å². The Hall–Kier alpha value is -2.34. The average Bonchev–Trinajstić information content (AvgIpc) is 2.63. The largest absolute Gasteiger partial charge is 0.332 e. The van der Waals surface area contributed by atoms with Crippen molar-refractivity contribution in [2.24, 2.45) is 14.1 Å². The van der Waals surface area contributed by atoms with Gasteiger partial charge in [-0.05, 0) is 24.0 Å². The van der Waals surface area contributed by atoms with Gasteiger partial charge in [0.25, 0.3) is 5.56 Å². The minimum absolute atomic E-state index is 0.231. The first kappa shape index (κ1) is 18.5. The third-order valence-electron chi connectivity index (χ3n) is 4.57. The minimum atomic E-state index is -0.359. The highest BCUT2D eigenvalue weighted by Gasteiger charge is 2.19. The molecule has 0 N–H and O–H groups in total. The van der Waals surface area contributed by atoms with Crippen LogP contribution in [0.2, 0.25) is 0 Å². The summed E-state index contributed by atoms with van der Waals surface area (Å²) >= 11 is 1.63. The van der Waals surface area contributed by atoms with Crippen molar-refractivity contribution in [2.75, 3.05) is 0 Å². The first-order chi connectivity index (χ1) is 12.3. The van der Waals surface area contributed by atoms with Crippen LogP contribution < -0.4 is 11.2 Å². The van der Waals surface area contributed by atoms with Crippen LogP contribution in [0.25, 0.3) is 11.0 Å². The molecule has 0 bridgehead atoms. The molecule has 0 aliphatic carbocycles. The Kier molecular flexibility index (Phi) is 5.05. The lowest BCUT2D eigenvalue weighted by atomic mass is 10.0. The van der Waals surface area contributed by atoms with Crippen molar-refractivity contribution < 1.29 is 0 Å². The van der Waals surface area contributed by atoms with Crippen molar-refractivity contribution in [3.8, 4) is 0 Å². The SMILES string of the molecule is Cc1ccc(CSc2c(C(C)C)cnc3c2c(=O)n(C)c(=O)n3C)cc1. The number of pyridine rings is 1. The number of thioether (sulfide) groups is 1. The summed E-state index contributed by atoms with van der Waals surface area (Å²) < 4.78 is 2.60. The van der Waals surface area contributed by atoms with Crippen LogP contribution in [0.3, 0.4) is 0 Å². The van der Waals surface area contributed by atoms with E-state index in [1.165, 1.54) is 22.7 Å². The third kappa shape index (κ3) is 3.21. The molecule has 1 aromatic carbocycles. The molecule has 26 heavy (non-hydrogen) atoms. The molecule has 3 aromatic rings. The molecule has 0 amide bonds. The summed E-state index contributed by atoms with van der Waals surface area (Å²) in [4.78, 5) is 30.4. The Bertz CT molecular complexity index is 1080. The maximum Gasteiger partial charge on any atom is 0.332 e. The number of hydrogen-bond acceptors (Lipinski definition) is 4. The summed E-state index contributed by atoms with van der Waals surface area (Å²) in [5.41, 5.74) is 3.24. The molecule has 0 unspecified atom stereocenters. The van der Waals surface area contributed by atoms with Crippen LogP contribution in [0.15, 0.2) is 44.9 Å².